The molecule has 6 nitrogen and oxygen atoms in total. The Bertz CT molecular complexity index is 777. The van der Waals surface area contributed by atoms with Gasteiger partial charge in [-0.1, -0.05) is 30.3 Å². The number of halogens is 1. The van der Waals surface area contributed by atoms with E-state index in [9.17, 15) is 18.8 Å². The molecule has 0 heterocycles. The lowest BCUT2D eigenvalue weighted by Gasteiger charge is -2.21. The maximum absolute atomic E-state index is 12.9. The van der Waals surface area contributed by atoms with Gasteiger partial charge in [-0.15, -0.1) is 0 Å². The van der Waals surface area contributed by atoms with Crippen LogP contribution in [0.2, 0.25) is 0 Å². The van der Waals surface area contributed by atoms with Crippen molar-refractivity contribution in [2.75, 3.05) is 24.7 Å². The van der Waals surface area contributed by atoms with Crippen molar-refractivity contribution < 1.29 is 28.2 Å². The first-order valence-electron chi connectivity index (χ1n) is 8.40. The lowest BCUT2D eigenvalue weighted by molar-refractivity contribution is -0.147. The Hall–Kier alpha value is -3.22. The molecule has 0 bridgehead atoms. The van der Waals surface area contributed by atoms with Crippen molar-refractivity contribution in [1.29, 1.82) is 0 Å². The maximum Gasteiger partial charge on any atom is 0.326 e. The zero-order valence-corrected chi connectivity index (χ0v) is 14.9. The number of amides is 1. The summed E-state index contributed by atoms with van der Waals surface area (Å²) in [5, 5.41) is 0. The maximum atomic E-state index is 12.9. The van der Waals surface area contributed by atoms with Crippen molar-refractivity contribution in [3.05, 3.63) is 66.0 Å². The van der Waals surface area contributed by atoms with Gasteiger partial charge in [0.2, 0.25) is 0 Å². The van der Waals surface area contributed by atoms with Gasteiger partial charge in [-0.25, -0.2) is 4.39 Å². The lowest BCUT2D eigenvalue weighted by atomic mass is 10.1. The van der Waals surface area contributed by atoms with Crippen molar-refractivity contribution in [3.63, 3.8) is 0 Å². The lowest BCUT2D eigenvalue weighted by Crippen LogP contribution is -2.39. The third-order valence-electron chi connectivity index (χ3n) is 3.58. The zero-order chi connectivity index (χ0) is 19.6. The summed E-state index contributed by atoms with van der Waals surface area (Å²) in [6, 6.07) is 14.0. The van der Waals surface area contributed by atoms with E-state index < -0.39 is 30.3 Å². The molecule has 0 radical (unpaired) electrons. The third-order valence-corrected chi connectivity index (χ3v) is 3.58. The smallest absolute Gasteiger partial charge is 0.326 e. The molecule has 0 aliphatic carbocycles. The molecular formula is C20H20FNO5. The van der Waals surface area contributed by atoms with Crippen LogP contribution in [0.4, 0.5) is 10.1 Å². The van der Waals surface area contributed by atoms with Crippen LogP contribution >= 0.6 is 0 Å². The van der Waals surface area contributed by atoms with Crippen LogP contribution in [0, 0.1) is 5.82 Å². The Morgan fingerprint density at radius 2 is 1.59 bits per heavy atom. The highest BCUT2D eigenvalue weighted by molar-refractivity contribution is 5.99. The second-order valence-electron chi connectivity index (χ2n) is 5.58. The normalized spacial score (nSPS) is 10.1. The fourth-order valence-corrected chi connectivity index (χ4v) is 2.31. The number of rotatable bonds is 8. The number of ether oxygens (including phenoxy) is 2. The fourth-order valence-electron chi connectivity index (χ4n) is 2.31. The van der Waals surface area contributed by atoms with E-state index in [0.717, 1.165) is 0 Å². The predicted octanol–water partition coefficient (Wildman–Crippen LogP) is 2.51. The topological polar surface area (TPSA) is 72.9 Å². The van der Waals surface area contributed by atoms with Crippen LogP contribution in [0.15, 0.2) is 54.6 Å². The van der Waals surface area contributed by atoms with Gasteiger partial charge in [0.05, 0.1) is 13.0 Å². The van der Waals surface area contributed by atoms with E-state index in [1.807, 2.05) is 0 Å². The summed E-state index contributed by atoms with van der Waals surface area (Å²) in [5.74, 6) is -2.15. The minimum atomic E-state index is -0.626. The molecule has 2 aromatic rings. The molecule has 0 aliphatic rings. The largest absolute Gasteiger partial charge is 0.465 e. The highest BCUT2D eigenvalue weighted by Gasteiger charge is 2.21. The number of benzene rings is 2. The quantitative estimate of drug-likeness (QED) is 0.665. The van der Waals surface area contributed by atoms with Gasteiger partial charge in [0, 0.05) is 5.69 Å². The van der Waals surface area contributed by atoms with Gasteiger partial charge in [0.15, 0.2) is 6.61 Å². The number of carbonyl (C=O) groups excluding carboxylic acids is 3. The van der Waals surface area contributed by atoms with E-state index in [1.54, 1.807) is 37.3 Å². The van der Waals surface area contributed by atoms with Gasteiger partial charge in [-0.2, -0.15) is 0 Å². The second-order valence-corrected chi connectivity index (χ2v) is 5.58. The van der Waals surface area contributed by atoms with E-state index in [1.165, 1.54) is 29.2 Å². The molecule has 2 aromatic carbocycles. The van der Waals surface area contributed by atoms with Crippen LogP contribution in [0.3, 0.4) is 0 Å². The SMILES string of the molecule is CCOC(=O)CN(C(=O)COC(=O)Cc1ccc(F)cc1)c1ccccc1. The number of hydrogen-bond donors (Lipinski definition) is 0. The molecule has 0 N–H and O–H groups in total. The molecule has 1 amide bonds. The van der Waals surface area contributed by atoms with Crippen molar-refractivity contribution >= 4 is 23.5 Å². The number of nitrogens with zero attached hydrogens (tertiary/aromatic N) is 1. The average molecular weight is 373 g/mol. The fraction of sp³-hybridized carbons (Fsp3) is 0.250. The Morgan fingerprint density at radius 1 is 0.926 bits per heavy atom. The molecule has 0 unspecified atom stereocenters. The molecule has 2 rings (SSSR count). The highest BCUT2D eigenvalue weighted by Crippen LogP contribution is 2.14. The molecule has 27 heavy (non-hydrogen) atoms. The first-order chi connectivity index (χ1) is 13.0. The molecule has 142 valence electrons. The van der Waals surface area contributed by atoms with Crippen LogP contribution in [0.1, 0.15) is 12.5 Å². The third kappa shape index (κ3) is 6.54. The molecule has 0 aromatic heterocycles. The first-order valence-corrected chi connectivity index (χ1v) is 8.40. The van der Waals surface area contributed by atoms with Gasteiger partial charge in [0.1, 0.15) is 12.4 Å². The summed E-state index contributed by atoms with van der Waals surface area (Å²) in [6.45, 7) is 1.06. The summed E-state index contributed by atoms with van der Waals surface area (Å²) in [7, 11) is 0. The van der Waals surface area contributed by atoms with Gasteiger partial charge in [-0.05, 0) is 36.8 Å². The van der Waals surface area contributed by atoms with Crippen molar-refractivity contribution in [2.45, 2.75) is 13.3 Å². The molecule has 0 aliphatic heterocycles. The van der Waals surface area contributed by atoms with Gasteiger partial charge < -0.3 is 9.47 Å². The Kier molecular flexibility index (Phi) is 7.49. The van der Waals surface area contributed by atoms with E-state index in [-0.39, 0.29) is 19.6 Å². The van der Waals surface area contributed by atoms with Crippen LogP contribution in [0.5, 0.6) is 0 Å². The Balaban J connectivity index is 1.97. The van der Waals surface area contributed by atoms with E-state index in [2.05, 4.69) is 0 Å². The van der Waals surface area contributed by atoms with Crippen LogP contribution < -0.4 is 4.90 Å². The van der Waals surface area contributed by atoms with Crippen molar-refractivity contribution in [3.8, 4) is 0 Å². The van der Waals surface area contributed by atoms with Crippen LogP contribution in [-0.2, 0) is 30.3 Å². The minimum Gasteiger partial charge on any atom is -0.465 e. The number of para-hydroxylation sites is 1. The van der Waals surface area contributed by atoms with E-state index in [4.69, 9.17) is 9.47 Å². The summed E-state index contributed by atoms with van der Waals surface area (Å²) in [5.41, 5.74) is 1.06. The molecule has 0 saturated heterocycles. The molecule has 0 atom stereocenters. The Labute approximate surface area is 156 Å². The monoisotopic (exact) mass is 373 g/mol. The zero-order valence-electron chi connectivity index (χ0n) is 14.9. The summed E-state index contributed by atoms with van der Waals surface area (Å²) in [6.07, 6.45) is -0.0865. The molecule has 0 saturated carbocycles. The predicted molar refractivity (Wildman–Crippen MR) is 96.5 cm³/mol. The van der Waals surface area contributed by atoms with Gasteiger partial charge in [-0.3, -0.25) is 19.3 Å². The molecule has 0 fully saturated rings. The number of carbonyl (C=O) groups is 3. The van der Waals surface area contributed by atoms with Crippen molar-refractivity contribution in [2.24, 2.45) is 0 Å². The number of hydrogen-bond acceptors (Lipinski definition) is 5. The van der Waals surface area contributed by atoms with Gasteiger partial charge >= 0.3 is 11.9 Å². The summed E-state index contributed by atoms with van der Waals surface area (Å²) in [4.78, 5) is 37.4. The standard InChI is InChI=1S/C20H20FNO5/c1-2-26-20(25)13-22(17-6-4-3-5-7-17)18(23)14-27-19(24)12-15-8-10-16(21)11-9-15/h3-11H,2,12-14H2,1H3. The van der Waals surface area contributed by atoms with E-state index in [0.29, 0.717) is 11.3 Å². The minimum absolute atomic E-state index is 0.0865. The molecule has 7 heteroatoms. The number of anilines is 1. The van der Waals surface area contributed by atoms with Crippen LogP contribution in [0.25, 0.3) is 0 Å². The highest BCUT2D eigenvalue weighted by atomic mass is 19.1. The van der Waals surface area contributed by atoms with E-state index >= 15 is 0 Å². The summed E-state index contributed by atoms with van der Waals surface area (Å²) >= 11 is 0. The Morgan fingerprint density at radius 3 is 2.22 bits per heavy atom. The second kappa shape index (κ2) is 10.1. The first kappa shape index (κ1) is 20.1. The molecule has 0 spiro atoms. The van der Waals surface area contributed by atoms with Gasteiger partial charge in [0.25, 0.3) is 5.91 Å². The van der Waals surface area contributed by atoms with Crippen LogP contribution in [-0.4, -0.2) is 37.6 Å². The average Bonchev–Trinajstić information content (AvgIpc) is 2.67. The number of esters is 2. The molecular weight excluding hydrogens is 353 g/mol. The summed E-state index contributed by atoms with van der Waals surface area (Å²) < 4.78 is 22.8. The van der Waals surface area contributed by atoms with Crippen molar-refractivity contribution in [1.82, 2.24) is 0 Å².